The minimum Gasteiger partial charge on any atom is -0.456 e. The number of nitrogens with zero attached hydrogens (tertiary/aromatic N) is 1. The topological polar surface area (TPSA) is 16.4 Å². The molecular formula is C50H33NO. The van der Waals surface area contributed by atoms with Crippen LogP contribution in [0, 0.1) is 0 Å². The molecule has 0 saturated heterocycles. The lowest BCUT2D eigenvalue weighted by Crippen LogP contribution is -2.11. The Balaban J connectivity index is 1.24. The van der Waals surface area contributed by atoms with Crippen molar-refractivity contribution in [3.63, 3.8) is 0 Å². The van der Waals surface area contributed by atoms with E-state index in [2.05, 4.69) is 36.4 Å². The number of fused-ring (bicyclic) bond motifs is 5. The van der Waals surface area contributed by atoms with Crippen LogP contribution in [-0.4, -0.2) is 0 Å². The van der Waals surface area contributed by atoms with E-state index in [-0.39, 0.29) is 11.3 Å². The summed E-state index contributed by atoms with van der Waals surface area (Å²) in [6.45, 7) is 0. The lowest BCUT2D eigenvalue weighted by Gasteiger charge is -2.28. The van der Waals surface area contributed by atoms with Crippen molar-refractivity contribution < 1.29 is 16.8 Å². The lowest BCUT2D eigenvalue weighted by atomic mass is 9.95. The van der Waals surface area contributed by atoms with Crippen molar-refractivity contribution in [1.29, 1.82) is 0 Å². The summed E-state index contributed by atoms with van der Waals surface area (Å²) in [5, 5.41) is 6.06. The molecule has 0 aliphatic carbocycles. The zero-order chi connectivity index (χ0) is 42.3. The molecule has 1 heterocycles. The Morgan fingerprint density at radius 3 is 1.87 bits per heavy atom. The Morgan fingerprint density at radius 1 is 0.404 bits per heavy atom. The molecule has 0 N–H and O–H groups in total. The van der Waals surface area contributed by atoms with Crippen molar-refractivity contribution in [3.8, 4) is 33.4 Å². The van der Waals surface area contributed by atoms with Crippen LogP contribution in [0.15, 0.2) is 204 Å². The molecule has 0 atom stereocenters. The second kappa shape index (κ2) is 12.5. The molecule has 10 rings (SSSR count). The average Bonchev–Trinajstić information content (AvgIpc) is 3.66. The first-order valence-electron chi connectivity index (χ1n) is 21.5. The number of hydrogen-bond donors (Lipinski definition) is 0. The summed E-state index contributed by atoms with van der Waals surface area (Å²) in [6, 6.07) is 42.6. The van der Waals surface area contributed by atoms with Crippen molar-refractivity contribution in [2.45, 2.75) is 0 Å². The average molecular weight is 673 g/mol. The van der Waals surface area contributed by atoms with E-state index >= 15 is 0 Å². The van der Waals surface area contributed by atoms with Crippen molar-refractivity contribution in [2.75, 3.05) is 4.90 Å². The Kier molecular flexibility index (Phi) is 5.28. The molecule has 0 aliphatic rings. The van der Waals surface area contributed by atoms with Gasteiger partial charge in [0.15, 0.2) is 0 Å². The normalized spacial score (nSPS) is 13.9. The smallest absolute Gasteiger partial charge is 0.136 e. The van der Waals surface area contributed by atoms with Gasteiger partial charge in [0.05, 0.1) is 18.0 Å². The number of furan rings is 1. The zero-order valence-corrected chi connectivity index (χ0v) is 27.7. The van der Waals surface area contributed by atoms with E-state index in [1.807, 2.05) is 109 Å². The summed E-state index contributed by atoms with van der Waals surface area (Å²) >= 11 is 0. The molecular weight excluding hydrogens is 631 g/mol. The Bertz CT molecular complexity index is 3370. The summed E-state index contributed by atoms with van der Waals surface area (Å²) < 4.78 is 86.3. The van der Waals surface area contributed by atoms with Crippen LogP contribution in [0.25, 0.3) is 76.9 Å². The fourth-order valence-electron chi connectivity index (χ4n) is 7.21. The van der Waals surface area contributed by atoms with Crippen LogP contribution in [0.2, 0.25) is 0 Å². The summed E-state index contributed by atoms with van der Waals surface area (Å²) in [4.78, 5) is 1.71. The highest BCUT2D eigenvalue weighted by atomic mass is 16.3. The predicted octanol–water partition coefficient (Wildman–Crippen LogP) is 14.4. The maximum absolute atomic E-state index is 9.58. The third kappa shape index (κ3) is 5.12. The van der Waals surface area contributed by atoms with Gasteiger partial charge < -0.3 is 9.32 Å². The van der Waals surface area contributed by atoms with Gasteiger partial charge in [0.1, 0.15) is 11.2 Å². The molecule has 244 valence electrons. The van der Waals surface area contributed by atoms with Crippen LogP contribution in [-0.2, 0) is 0 Å². The van der Waals surface area contributed by atoms with Gasteiger partial charge in [-0.3, -0.25) is 0 Å². The molecule has 0 fully saturated rings. The van der Waals surface area contributed by atoms with Gasteiger partial charge in [0.25, 0.3) is 0 Å². The molecule has 0 amide bonds. The van der Waals surface area contributed by atoms with Crippen LogP contribution < -0.4 is 4.90 Å². The molecule has 1 aromatic heterocycles. The first-order chi connectivity index (χ1) is 29.5. The highest BCUT2D eigenvalue weighted by molar-refractivity contribution is 6.16. The molecule has 0 aliphatic heterocycles. The number of hydrogen-bond acceptors (Lipinski definition) is 2. The lowest BCUT2D eigenvalue weighted by molar-refractivity contribution is 0.669. The van der Waals surface area contributed by atoms with Gasteiger partial charge in [-0.15, -0.1) is 0 Å². The fraction of sp³-hybridized carbons (Fsp3) is 0. The third-order valence-corrected chi connectivity index (χ3v) is 9.61. The number of benzene rings is 9. The standard InChI is InChI=1S/C50H33NO/c1-2-12-34(13-3-1)35-24-28-40(29-25-35)51(41-30-26-37(27-31-41)43-20-10-17-36-14-6-7-18-42(36)43)47-22-9-8-19-44(47)45-21-11-23-48-50(45)46-32-38-15-4-5-16-39(38)33-49(46)52-48/h1-33H/i1D,2D,3D,12D,13D,24D,25D,28D,29D. The van der Waals surface area contributed by atoms with Crippen molar-refractivity contribution in [3.05, 3.63) is 200 Å². The minimum absolute atomic E-state index is 0.0771. The quantitative estimate of drug-likeness (QED) is 0.175. The monoisotopic (exact) mass is 672 g/mol. The largest absolute Gasteiger partial charge is 0.456 e. The highest BCUT2D eigenvalue weighted by Gasteiger charge is 2.21. The van der Waals surface area contributed by atoms with E-state index in [1.54, 1.807) is 4.90 Å². The molecule has 0 spiro atoms. The zero-order valence-electron chi connectivity index (χ0n) is 36.7. The van der Waals surface area contributed by atoms with Crippen LogP contribution in [0.1, 0.15) is 12.3 Å². The van der Waals surface area contributed by atoms with E-state index in [0.717, 1.165) is 60.2 Å². The fourth-order valence-corrected chi connectivity index (χ4v) is 7.21. The first-order valence-corrected chi connectivity index (χ1v) is 17.0. The SMILES string of the molecule is [2H]c1c([2H])c([2H])c(-c2c([2H])c([2H])c(N(c3ccc(-c4cccc5ccccc45)cc3)c3ccccc3-c3cccc4oc5cc6ccccc6cc5c34)c([2H])c2[2H])c([2H])c1[2H]. The molecule has 2 nitrogen and oxygen atoms in total. The van der Waals surface area contributed by atoms with Gasteiger partial charge in [-0.05, 0) is 97.8 Å². The Hall–Kier alpha value is -6.90. The summed E-state index contributed by atoms with van der Waals surface area (Å²) in [7, 11) is 0. The van der Waals surface area contributed by atoms with Gasteiger partial charge in [0.2, 0.25) is 0 Å². The Morgan fingerprint density at radius 2 is 1.04 bits per heavy atom. The van der Waals surface area contributed by atoms with E-state index in [9.17, 15) is 5.48 Å². The van der Waals surface area contributed by atoms with Gasteiger partial charge in [-0.1, -0.05) is 151 Å². The van der Waals surface area contributed by atoms with Crippen molar-refractivity contribution in [2.24, 2.45) is 0 Å². The third-order valence-electron chi connectivity index (χ3n) is 9.61. The summed E-state index contributed by atoms with van der Waals surface area (Å²) in [6.07, 6.45) is 0. The summed E-state index contributed by atoms with van der Waals surface area (Å²) in [5.74, 6) is 0. The number of rotatable bonds is 6. The van der Waals surface area contributed by atoms with E-state index in [0.29, 0.717) is 17.0 Å². The second-order valence-corrected chi connectivity index (χ2v) is 12.6. The molecule has 0 radical (unpaired) electrons. The molecule has 10 aromatic rings. The van der Waals surface area contributed by atoms with Gasteiger partial charge >= 0.3 is 0 Å². The molecule has 2 heteroatoms. The maximum Gasteiger partial charge on any atom is 0.136 e. The van der Waals surface area contributed by atoms with Crippen molar-refractivity contribution in [1.82, 2.24) is 0 Å². The molecule has 0 bridgehead atoms. The first kappa shape index (κ1) is 22.0. The highest BCUT2D eigenvalue weighted by Crippen LogP contribution is 2.45. The molecule has 0 saturated carbocycles. The maximum atomic E-state index is 9.58. The van der Waals surface area contributed by atoms with Gasteiger partial charge in [-0.25, -0.2) is 0 Å². The predicted molar refractivity (Wildman–Crippen MR) is 220 cm³/mol. The van der Waals surface area contributed by atoms with Crippen molar-refractivity contribution >= 4 is 60.5 Å². The van der Waals surface area contributed by atoms with E-state index < -0.39 is 59.9 Å². The second-order valence-electron chi connectivity index (χ2n) is 12.6. The van der Waals surface area contributed by atoms with Crippen LogP contribution in [0.3, 0.4) is 0 Å². The van der Waals surface area contributed by atoms with Gasteiger partial charge in [-0.2, -0.15) is 0 Å². The van der Waals surface area contributed by atoms with E-state index in [4.69, 9.17) is 11.3 Å². The summed E-state index contributed by atoms with van der Waals surface area (Å²) in [5.41, 5.74) is 5.16. The minimum atomic E-state index is -0.632. The molecule has 0 unspecified atom stereocenters. The van der Waals surface area contributed by atoms with Gasteiger partial charge in [0, 0.05) is 27.7 Å². The number of para-hydroxylation sites is 1. The van der Waals surface area contributed by atoms with Crippen LogP contribution in [0.5, 0.6) is 0 Å². The van der Waals surface area contributed by atoms with Crippen LogP contribution in [0.4, 0.5) is 17.1 Å². The molecule has 9 aromatic carbocycles. The Labute approximate surface area is 315 Å². The van der Waals surface area contributed by atoms with E-state index in [1.165, 1.54) is 0 Å². The molecule has 52 heavy (non-hydrogen) atoms. The van der Waals surface area contributed by atoms with Crippen LogP contribution >= 0.6 is 0 Å². The number of anilines is 3.